The van der Waals surface area contributed by atoms with Gasteiger partial charge in [0, 0.05) is 11.0 Å². The van der Waals surface area contributed by atoms with Crippen LogP contribution in [0.2, 0.25) is 0 Å². The van der Waals surface area contributed by atoms with E-state index in [0.29, 0.717) is 5.75 Å². The molecule has 0 spiro atoms. The van der Waals surface area contributed by atoms with Crippen molar-refractivity contribution in [1.29, 1.82) is 0 Å². The van der Waals surface area contributed by atoms with Crippen molar-refractivity contribution in [2.45, 2.75) is 31.2 Å². The molecule has 0 fully saturated rings. The van der Waals surface area contributed by atoms with Crippen LogP contribution in [0.1, 0.15) is 13.8 Å². The number of hydrogen-bond acceptors (Lipinski definition) is 4. The Bertz CT molecular complexity index is 164. The summed E-state index contributed by atoms with van der Waals surface area (Å²) in [5.74, 6) is 0.241. The molecule has 0 aliphatic heterocycles. The maximum atomic E-state index is 10.8. The lowest BCUT2D eigenvalue weighted by molar-refractivity contribution is -0.119. The van der Waals surface area contributed by atoms with E-state index in [2.05, 4.69) is 5.32 Å². The lowest BCUT2D eigenvalue weighted by atomic mass is 10.3. The van der Waals surface area contributed by atoms with Gasteiger partial charge in [0.15, 0.2) is 0 Å². The second-order valence-corrected chi connectivity index (χ2v) is 4.43. The van der Waals surface area contributed by atoms with Crippen LogP contribution in [0.25, 0.3) is 0 Å². The largest absolute Gasteiger partial charge is 0.392 e. The molecule has 0 bridgehead atoms. The van der Waals surface area contributed by atoms with Crippen LogP contribution in [0.3, 0.4) is 0 Å². The summed E-state index contributed by atoms with van der Waals surface area (Å²) < 4.78 is 0. The fourth-order valence-corrected chi connectivity index (χ4v) is 1.80. The van der Waals surface area contributed by atoms with E-state index in [-0.39, 0.29) is 23.3 Å². The highest BCUT2D eigenvalue weighted by Crippen LogP contribution is 2.14. The number of primary amides is 1. The zero-order valence-corrected chi connectivity index (χ0v) is 9.10. The summed E-state index contributed by atoms with van der Waals surface area (Å²) in [5, 5.41) is 12.1. The minimum absolute atomic E-state index is 0.121. The molecule has 1 amide bonds. The van der Waals surface area contributed by atoms with Crippen LogP contribution in [0.4, 0.5) is 0 Å². The molecule has 0 saturated heterocycles. The van der Waals surface area contributed by atoms with Gasteiger partial charge in [0.1, 0.15) is 0 Å². The van der Waals surface area contributed by atoms with E-state index in [4.69, 9.17) is 5.73 Å². The van der Waals surface area contributed by atoms with E-state index in [9.17, 15) is 9.90 Å². The quantitative estimate of drug-likeness (QED) is 0.551. The van der Waals surface area contributed by atoms with Crippen molar-refractivity contribution in [1.82, 2.24) is 5.32 Å². The summed E-state index contributed by atoms with van der Waals surface area (Å²) in [6, 6.07) is -0.314. The fourth-order valence-electron chi connectivity index (χ4n) is 0.695. The van der Waals surface area contributed by atoms with Gasteiger partial charge >= 0.3 is 0 Å². The van der Waals surface area contributed by atoms with Crippen LogP contribution in [0.5, 0.6) is 0 Å². The van der Waals surface area contributed by atoms with E-state index in [1.165, 1.54) is 11.8 Å². The lowest BCUT2D eigenvalue weighted by Crippen LogP contribution is -2.41. The van der Waals surface area contributed by atoms with E-state index in [1.54, 1.807) is 14.0 Å². The first-order valence-electron chi connectivity index (χ1n) is 4.25. The molecule has 13 heavy (non-hydrogen) atoms. The molecule has 0 aromatic heterocycles. The summed E-state index contributed by atoms with van der Waals surface area (Å²) in [7, 11) is 1.70. The van der Waals surface area contributed by atoms with Gasteiger partial charge in [0.05, 0.1) is 12.1 Å². The van der Waals surface area contributed by atoms with Crippen LogP contribution in [-0.2, 0) is 4.79 Å². The van der Waals surface area contributed by atoms with Crippen molar-refractivity contribution in [3.8, 4) is 0 Å². The van der Waals surface area contributed by atoms with Gasteiger partial charge in [0.25, 0.3) is 0 Å². The van der Waals surface area contributed by atoms with Crippen LogP contribution in [-0.4, -0.2) is 41.2 Å². The summed E-state index contributed by atoms with van der Waals surface area (Å²) in [5.41, 5.74) is 5.13. The van der Waals surface area contributed by atoms with Crippen molar-refractivity contribution in [2.24, 2.45) is 5.73 Å². The highest BCUT2D eigenvalue weighted by molar-refractivity contribution is 8.00. The molecule has 0 aliphatic carbocycles. The molecule has 4 N–H and O–H groups in total. The minimum Gasteiger partial charge on any atom is -0.392 e. The van der Waals surface area contributed by atoms with E-state index in [1.807, 2.05) is 6.92 Å². The van der Waals surface area contributed by atoms with Crippen LogP contribution >= 0.6 is 11.8 Å². The molecule has 0 rings (SSSR count). The first-order chi connectivity index (χ1) is 5.99. The normalized spacial score (nSPS) is 17.8. The van der Waals surface area contributed by atoms with Gasteiger partial charge in [-0.25, -0.2) is 0 Å². The Kier molecular flexibility index (Phi) is 6.11. The Labute approximate surface area is 83.3 Å². The number of aliphatic hydroxyl groups is 1. The van der Waals surface area contributed by atoms with E-state index < -0.39 is 0 Å². The number of thioether (sulfide) groups is 1. The molecular formula is C8H18N2O2S. The minimum atomic E-state index is -0.365. The number of aliphatic hydroxyl groups excluding tert-OH is 1. The summed E-state index contributed by atoms with van der Waals surface area (Å²) in [6.45, 7) is 3.65. The number of amides is 1. The van der Waals surface area contributed by atoms with Crippen molar-refractivity contribution >= 4 is 17.7 Å². The lowest BCUT2D eigenvalue weighted by Gasteiger charge is -2.17. The molecule has 5 heteroatoms. The Hall–Kier alpha value is -0.260. The third kappa shape index (κ3) is 5.13. The molecule has 4 nitrogen and oxygen atoms in total. The van der Waals surface area contributed by atoms with Crippen LogP contribution in [0.15, 0.2) is 0 Å². The summed E-state index contributed by atoms with van der Waals surface area (Å²) >= 11 is 1.53. The second-order valence-electron chi connectivity index (χ2n) is 3.02. The Balaban J connectivity index is 3.78. The predicted octanol–water partition coefficient (Wildman–Crippen LogP) is -0.438. The Morgan fingerprint density at radius 1 is 1.62 bits per heavy atom. The second kappa shape index (κ2) is 6.23. The van der Waals surface area contributed by atoms with Gasteiger partial charge < -0.3 is 16.2 Å². The first-order valence-corrected chi connectivity index (χ1v) is 5.30. The fraction of sp³-hybridized carbons (Fsp3) is 0.875. The highest BCUT2D eigenvalue weighted by atomic mass is 32.2. The number of hydrogen-bond donors (Lipinski definition) is 3. The standard InChI is InChI=1S/C8H18N2O2S/c1-5(11)6(2)13-4-7(10-3)8(9)12/h5-7,10-11H,4H2,1-3H3,(H2,9,12). The maximum Gasteiger partial charge on any atom is 0.235 e. The number of nitrogens with two attached hydrogens (primary N) is 1. The van der Waals surface area contributed by atoms with E-state index in [0.717, 1.165) is 0 Å². The van der Waals surface area contributed by atoms with Crippen LogP contribution < -0.4 is 11.1 Å². The first kappa shape index (κ1) is 12.7. The van der Waals surface area contributed by atoms with Crippen molar-refractivity contribution in [3.63, 3.8) is 0 Å². The van der Waals surface area contributed by atoms with Gasteiger partial charge in [-0.05, 0) is 14.0 Å². The van der Waals surface area contributed by atoms with Gasteiger partial charge in [-0.15, -0.1) is 0 Å². The average Bonchev–Trinajstić information content (AvgIpc) is 2.04. The zero-order valence-electron chi connectivity index (χ0n) is 8.28. The van der Waals surface area contributed by atoms with E-state index >= 15 is 0 Å². The SMILES string of the molecule is CNC(CSC(C)C(C)O)C(N)=O. The molecule has 0 radical (unpaired) electrons. The third-order valence-electron chi connectivity index (χ3n) is 1.90. The molecule has 0 aliphatic rings. The smallest absolute Gasteiger partial charge is 0.235 e. The van der Waals surface area contributed by atoms with Crippen molar-refractivity contribution in [2.75, 3.05) is 12.8 Å². The molecule has 0 aromatic carbocycles. The number of rotatable bonds is 6. The van der Waals surface area contributed by atoms with Gasteiger partial charge in [0.2, 0.25) is 5.91 Å². The number of carbonyl (C=O) groups excluding carboxylic acids is 1. The Morgan fingerprint density at radius 3 is 2.46 bits per heavy atom. The van der Waals surface area contributed by atoms with Gasteiger partial charge in [-0.3, -0.25) is 4.79 Å². The Morgan fingerprint density at radius 2 is 2.15 bits per heavy atom. The zero-order chi connectivity index (χ0) is 10.4. The number of nitrogens with one attached hydrogen (secondary N) is 1. The monoisotopic (exact) mass is 206 g/mol. The molecular weight excluding hydrogens is 188 g/mol. The molecule has 0 saturated carbocycles. The summed E-state index contributed by atoms with van der Waals surface area (Å²) in [4.78, 5) is 10.8. The maximum absolute atomic E-state index is 10.8. The van der Waals surface area contributed by atoms with Crippen molar-refractivity contribution in [3.05, 3.63) is 0 Å². The van der Waals surface area contributed by atoms with Crippen molar-refractivity contribution < 1.29 is 9.90 Å². The molecule has 0 heterocycles. The molecule has 3 unspecified atom stereocenters. The number of carbonyl (C=O) groups is 1. The van der Waals surface area contributed by atoms with Gasteiger partial charge in [-0.1, -0.05) is 6.92 Å². The number of likely N-dealkylation sites (N-methyl/N-ethyl adjacent to an activating group) is 1. The molecule has 3 atom stereocenters. The molecule has 0 aromatic rings. The predicted molar refractivity (Wildman–Crippen MR) is 55.6 cm³/mol. The molecule has 78 valence electrons. The topological polar surface area (TPSA) is 75.3 Å². The average molecular weight is 206 g/mol. The van der Waals surface area contributed by atoms with Gasteiger partial charge in [-0.2, -0.15) is 11.8 Å². The van der Waals surface area contributed by atoms with Crippen LogP contribution in [0, 0.1) is 0 Å². The highest BCUT2D eigenvalue weighted by Gasteiger charge is 2.16. The third-order valence-corrected chi connectivity index (χ3v) is 3.34. The summed E-state index contributed by atoms with van der Waals surface area (Å²) in [6.07, 6.45) is -0.365.